The molecule has 1 aliphatic carbocycles. The van der Waals surface area contributed by atoms with Gasteiger partial charge in [-0.15, -0.1) is 0 Å². The Balaban J connectivity index is 1.83. The molecule has 22 heavy (non-hydrogen) atoms. The molecule has 1 saturated carbocycles. The Morgan fingerprint density at radius 2 is 1.95 bits per heavy atom. The van der Waals surface area contributed by atoms with E-state index in [1.807, 2.05) is 6.07 Å². The van der Waals surface area contributed by atoms with Crippen LogP contribution >= 0.6 is 0 Å². The summed E-state index contributed by atoms with van der Waals surface area (Å²) in [6.07, 6.45) is 2.06. The van der Waals surface area contributed by atoms with E-state index in [4.69, 9.17) is 5.11 Å². The van der Waals surface area contributed by atoms with Gasteiger partial charge in [0.15, 0.2) is 0 Å². The maximum atomic E-state index is 13.5. The molecule has 1 saturated heterocycles. The minimum absolute atomic E-state index is 0.0859. The molecule has 1 N–H and O–H groups in total. The van der Waals surface area contributed by atoms with Gasteiger partial charge in [-0.1, -0.05) is 19.1 Å². The number of nitrogens with zero attached hydrogens (tertiary/aromatic N) is 1. The number of benzene rings is 1. The normalized spacial score (nSPS) is 30.9. The molecule has 1 aromatic rings. The van der Waals surface area contributed by atoms with Crippen LogP contribution < -0.4 is 0 Å². The number of likely N-dealkylation sites (tertiary alicyclic amines) is 1. The second-order valence-electron chi connectivity index (χ2n) is 6.43. The molecule has 0 radical (unpaired) electrons. The lowest BCUT2D eigenvalue weighted by atomic mass is 9.72. The van der Waals surface area contributed by atoms with Crippen LogP contribution in [0, 0.1) is 23.6 Å². The van der Waals surface area contributed by atoms with Crippen molar-refractivity contribution < 1.29 is 19.1 Å². The van der Waals surface area contributed by atoms with E-state index >= 15 is 0 Å². The number of aliphatic carboxylic acids is 1. The fourth-order valence-corrected chi connectivity index (χ4v) is 3.70. The van der Waals surface area contributed by atoms with Crippen molar-refractivity contribution in [2.45, 2.75) is 32.2 Å². The van der Waals surface area contributed by atoms with Crippen LogP contribution in [-0.2, 0) is 9.59 Å². The molecule has 0 spiro atoms. The van der Waals surface area contributed by atoms with Crippen LogP contribution in [0.4, 0.5) is 4.39 Å². The Bertz CT molecular complexity index is 603. The highest BCUT2D eigenvalue weighted by Gasteiger charge is 2.46. The molecule has 3 rings (SSSR count). The van der Waals surface area contributed by atoms with Crippen molar-refractivity contribution in [3.63, 3.8) is 0 Å². The summed E-state index contributed by atoms with van der Waals surface area (Å²) in [6, 6.07) is 6.20. The molecule has 4 nitrogen and oxygen atoms in total. The molecule has 0 aromatic heterocycles. The molecular weight excluding hydrogens is 285 g/mol. The van der Waals surface area contributed by atoms with Crippen LogP contribution in [0.25, 0.3) is 0 Å². The highest BCUT2D eigenvalue weighted by Crippen LogP contribution is 2.42. The van der Waals surface area contributed by atoms with Gasteiger partial charge in [-0.25, -0.2) is 4.39 Å². The van der Waals surface area contributed by atoms with Gasteiger partial charge >= 0.3 is 5.97 Å². The quantitative estimate of drug-likeness (QED) is 0.934. The Kier molecular flexibility index (Phi) is 3.89. The fraction of sp³-hybridized carbons (Fsp3) is 0.529. The standard InChI is InChI=1S/C17H20FNO3/c1-10-7-8-19(15(10)11-3-2-4-12(18)9-11)16(20)13-5-6-14(13)17(21)22/h2-4,9-10,13-15H,5-8H2,1H3,(H,21,22). The van der Waals surface area contributed by atoms with Crippen molar-refractivity contribution in [1.29, 1.82) is 0 Å². The topological polar surface area (TPSA) is 57.6 Å². The van der Waals surface area contributed by atoms with E-state index in [9.17, 15) is 14.0 Å². The first-order valence-electron chi connectivity index (χ1n) is 7.78. The number of rotatable bonds is 3. The number of hydrogen-bond donors (Lipinski definition) is 1. The molecule has 5 heteroatoms. The number of halogens is 1. The van der Waals surface area contributed by atoms with Gasteiger partial charge in [0.2, 0.25) is 5.91 Å². The van der Waals surface area contributed by atoms with E-state index in [0.29, 0.717) is 19.4 Å². The summed E-state index contributed by atoms with van der Waals surface area (Å²) in [5.74, 6) is -2.02. The molecule has 118 valence electrons. The van der Waals surface area contributed by atoms with Gasteiger partial charge in [0.05, 0.1) is 17.9 Å². The lowest BCUT2D eigenvalue weighted by Crippen LogP contribution is -2.46. The van der Waals surface area contributed by atoms with E-state index in [2.05, 4.69) is 6.92 Å². The molecule has 2 fully saturated rings. The zero-order valence-electron chi connectivity index (χ0n) is 12.5. The predicted molar refractivity (Wildman–Crippen MR) is 78.5 cm³/mol. The number of carbonyl (C=O) groups excluding carboxylic acids is 1. The Labute approximate surface area is 128 Å². The van der Waals surface area contributed by atoms with E-state index in [-0.39, 0.29) is 23.7 Å². The van der Waals surface area contributed by atoms with Crippen molar-refractivity contribution in [3.8, 4) is 0 Å². The highest BCUT2D eigenvalue weighted by atomic mass is 19.1. The summed E-state index contributed by atoms with van der Waals surface area (Å²) in [7, 11) is 0. The van der Waals surface area contributed by atoms with Crippen molar-refractivity contribution in [2.75, 3.05) is 6.54 Å². The number of carboxylic acids is 1. The lowest BCUT2D eigenvalue weighted by molar-refractivity contribution is -0.157. The second-order valence-corrected chi connectivity index (χ2v) is 6.43. The van der Waals surface area contributed by atoms with E-state index in [1.54, 1.807) is 11.0 Å². The Morgan fingerprint density at radius 3 is 2.55 bits per heavy atom. The number of amides is 1. The molecule has 1 heterocycles. The Hall–Kier alpha value is -1.91. The minimum atomic E-state index is -0.890. The van der Waals surface area contributed by atoms with Crippen molar-refractivity contribution >= 4 is 11.9 Å². The molecule has 1 amide bonds. The third kappa shape index (κ3) is 2.49. The summed E-state index contributed by atoms with van der Waals surface area (Å²) in [4.78, 5) is 25.6. The zero-order chi connectivity index (χ0) is 15.9. The third-order valence-electron chi connectivity index (χ3n) is 5.08. The summed E-state index contributed by atoms with van der Waals surface area (Å²) in [5.41, 5.74) is 0.796. The zero-order valence-corrected chi connectivity index (χ0v) is 12.5. The highest BCUT2D eigenvalue weighted by molar-refractivity contribution is 5.86. The first-order valence-corrected chi connectivity index (χ1v) is 7.78. The smallest absolute Gasteiger partial charge is 0.307 e. The summed E-state index contributed by atoms with van der Waals surface area (Å²) in [6.45, 7) is 2.67. The van der Waals surface area contributed by atoms with Crippen molar-refractivity contribution in [1.82, 2.24) is 4.90 Å². The predicted octanol–water partition coefficient (Wildman–Crippen LogP) is 2.85. The summed E-state index contributed by atoms with van der Waals surface area (Å²) in [5, 5.41) is 9.15. The third-order valence-corrected chi connectivity index (χ3v) is 5.08. The molecule has 0 bridgehead atoms. The van der Waals surface area contributed by atoms with Crippen LogP contribution in [0.3, 0.4) is 0 Å². The molecule has 4 unspecified atom stereocenters. The fourth-order valence-electron chi connectivity index (χ4n) is 3.70. The van der Waals surface area contributed by atoms with Crippen LogP contribution in [0.2, 0.25) is 0 Å². The number of carboxylic acid groups (broad SMARTS) is 1. The van der Waals surface area contributed by atoms with Gasteiger partial charge in [-0.05, 0) is 42.9 Å². The van der Waals surface area contributed by atoms with Gasteiger partial charge in [-0.2, -0.15) is 0 Å². The average molecular weight is 305 g/mol. The first kappa shape index (κ1) is 15.0. The molecular formula is C17H20FNO3. The van der Waals surface area contributed by atoms with Crippen LogP contribution in [0.15, 0.2) is 24.3 Å². The SMILES string of the molecule is CC1CCN(C(=O)C2CCC2C(=O)O)C1c1cccc(F)c1. The van der Waals surface area contributed by atoms with Crippen molar-refractivity contribution in [2.24, 2.45) is 17.8 Å². The summed E-state index contributed by atoms with van der Waals surface area (Å²) < 4.78 is 13.5. The van der Waals surface area contributed by atoms with Crippen LogP contribution in [-0.4, -0.2) is 28.4 Å². The van der Waals surface area contributed by atoms with E-state index < -0.39 is 17.8 Å². The maximum Gasteiger partial charge on any atom is 0.307 e. The van der Waals surface area contributed by atoms with Gasteiger partial charge in [0.1, 0.15) is 5.82 Å². The Morgan fingerprint density at radius 1 is 1.23 bits per heavy atom. The lowest BCUT2D eigenvalue weighted by Gasteiger charge is -2.37. The first-order chi connectivity index (χ1) is 10.5. The van der Waals surface area contributed by atoms with Gasteiger partial charge in [0, 0.05) is 6.54 Å². The molecule has 2 aliphatic rings. The summed E-state index contributed by atoms with van der Waals surface area (Å²) >= 11 is 0. The minimum Gasteiger partial charge on any atom is -0.481 e. The number of carbonyl (C=O) groups is 2. The van der Waals surface area contributed by atoms with Gasteiger partial charge in [-0.3, -0.25) is 9.59 Å². The molecule has 1 aliphatic heterocycles. The van der Waals surface area contributed by atoms with Gasteiger partial charge < -0.3 is 10.0 Å². The van der Waals surface area contributed by atoms with E-state index in [0.717, 1.165) is 12.0 Å². The van der Waals surface area contributed by atoms with Crippen LogP contribution in [0.5, 0.6) is 0 Å². The van der Waals surface area contributed by atoms with Gasteiger partial charge in [0.25, 0.3) is 0 Å². The van der Waals surface area contributed by atoms with Crippen molar-refractivity contribution in [3.05, 3.63) is 35.6 Å². The molecule has 4 atom stereocenters. The largest absolute Gasteiger partial charge is 0.481 e. The average Bonchev–Trinajstić information content (AvgIpc) is 2.78. The monoisotopic (exact) mass is 305 g/mol. The molecule has 1 aromatic carbocycles. The second kappa shape index (κ2) is 5.71. The van der Waals surface area contributed by atoms with Crippen LogP contribution in [0.1, 0.15) is 37.8 Å². The maximum absolute atomic E-state index is 13.5. The number of hydrogen-bond acceptors (Lipinski definition) is 2. The van der Waals surface area contributed by atoms with E-state index in [1.165, 1.54) is 12.1 Å².